The van der Waals surface area contributed by atoms with Crippen molar-refractivity contribution in [2.75, 3.05) is 0 Å². The molecule has 10 heteroatoms. The van der Waals surface area contributed by atoms with Gasteiger partial charge in [-0.15, -0.1) is 0 Å². The molecule has 0 amide bonds. The lowest BCUT2D eigenvalue weighted by atomic mass is 10.2. The predicted octanol–water partition coefficient (Wildman–Crippen LogP) is 8.65. The van der Waals surface area contributed by atoms with Crippen molar-refractivity contribution in [3.63, 3.8) is 0 Å². The second kappa shape index (κ2) is 12.7. The molecule has 0 aliphatic carbocycles. The van der Waals surface area contributed by atoms with Crippen LogP contribution < -0.4 is 0 Å². The van der Waals surface area contributed by atoms with Crippen LogP contribution in [0, 0.1) is 0 Å². The van der Waals surface area contributed by atoms with E-state index in [2.05, 4.69) is 104 Å². The molecule has 0 aromatic rings. The molecule has 0 atom stereocenters. The Morgan fingerprint density at radius 1 is 0.438 bits per heavy atom. The Hall–Kier alpha value is 0.881. The Kier molecular flexibility index (Phi) is 13.1. The average molecular weight is 553 g/mol. The van der Waals surface area contributed by atoms with Crippen molar-refractivity contribution >= 4 is 50.4 Å². The number of allylic oxidation sites excluding steroid dienone is 2. The fraction of sp³-hybridized carbons (Fsp3) is 0.909. The van der Waals surface area contributed by atoms with Gasteiger partial charge in [0.05, 0.1) is 0 Å². The lowest BCUT2D eigenvalue weighted by Crippen LogP contribution is -2.52. The number of rotatable bonds is 16. The fourth-order valence-electron chi connectivity index (χ4n) is 4.12. The first-order valence-electron chi connectivity index (χ1n) is 12.5. The van der Waals surface area contributed by atoms with Gasteiger partial charge < -0.3 is 16.5 Å². The number of hydrogen-bond acceptors (Lipinski definition) is 4. The summed E-state index contributed by atoms with van der Waals surface area (Å²) in [7, 11) is -10.7. The molecule has 0 spiro atoms. The van der Waals surface area contributed by atoms with E-state index in [1.54, 1.807) is 0 Å². The van der Waals surface area contributed by atoms with Crippen LogP contribution in [0.4, 0.5) is 0 Å². The second-order valence-corrected chi connectivity index (χ2v) is 39.0. The smallest absolute Gasteiger partial charge is 0.318 e. The summed E-state index contributed by atoms with van der Waals surface area (Å²) in [5.41, 5.74) is 0. The highest BCUT2D eigenvalue weighted by Gasteiger charge is 2.40. The van der Waals surface area contributed by atoms with Gasteiger partial charge in [0.15, 0.2) is 33.3 Å². The highest BCUT2D eigenvalue weighted by atomic mass is 28.5. The van der Waals surface area contributed by atoms with E-state index in [9.17, 15) is 0 Å². The molecule has 4 nitrogen and oxygen atoms in total. The minimum atomic E-state index is -2.15. The van der Waals surface area contributed by atoms with E-state index in [0.717, 1.165) is 18.5 Å². The zero-order valence-electron chi connectivity index (χ0n) is 24.0. The number of unbranched alkanes of at least 4 members (excludes halogenated alkanes) is 3. The second-order valence-electron chi connectivity index (χ2n) is 13.4. The first-order valence-corrected chi connectivity index (χ1v) is 31.2. The topological polar surface area (TPSA) is 36.9 Å². The van der Waals surface area contributed by atoms with Crippen molar-refractivity contribution in [1.82, 2.24) is 0 Å². The predicted molar refractivity (Wildman–Crippen MR) is 158 cm³/mol. The van der Waals surface area contributed by atoms with Crippen LogP contribution >= 0.6 is 0 Å². The molecular weight excluding hydrogens is 497 g/mol. The lowest BCUT2D eigenvalue weighted by molar-refractivity contribution is 0.380. The maximum atomic E-state index is 6.62. The molecule has 0 saturated carbocycles. The first kappa shape index (κ1) is 32.9. The van der Waals surface area contributed by atoms with Crippen molar-refractivity contribution in [3.8, 4) is 0 Å². The monoisotopic (exact) mass is 552 g/mol. The Balaban J connectivity index is 4.63. The molecule has 0 radical (unpaired) electrons. The molecule has 0 bridgehead atoms. The van der Waals surface area contributed by atoms with Gasteiger partial charge >= 0.3 is 17.1 Å². The molecule has 0 fully saturated rings. The summed E-state index contributed by atoms with van der Waals surface area (Å²) in [5.74, 6) is 0. The van der Waals surface area contributed by atoms with Crippen LogP contribution in [0.25, 0.3) is 0 Å². The minimum Gasteiger partial charge on any atom is -0.437 e. The molecule has 0 aliphatic rings. The Morgan fingerprint density at radius 3 is 1.19 bits per heavy atom. The SMILES string of the molecule is C[Si](C)(C)O[Si](C)(C/C=C/CCCCC[Si](C)(O[Si](C)(C)C)O[Si](C)(C)C)O[Si](C)(C)C. The maximum Gasteiger partial charge on any atom is 0.318 e. The third-order valence-electron chi connectivity index (χ3n) is 4.25. The number of hydrogen-bond donors (Lipinski definition) is 0. The van der Waals surface area contributed by atoms with Gasteiger partial charge in [-0.25, -0.2) is 0 Å². The molecule has 0 aliphatic heterocycles. The average Bonchev–Trinajstić information content (AvgIpc) is 2.41. The zero-order chi connectivity index (χ0) is 25.5. The molecule has 0 unspecified atom stereocenters. The van der Waals surface area contributed by atoms with E-state index in [1.165, 1.54) is 19.3 Å². The van der Waals surface area contributed by atoms with E-state index in [4.69, 9.17) is 16.5 Å². The summed E-state index contributed by atoms with van der Waals surface area (Å²) >= 11 is 0. The van der Waals surface area contributed by atoms with Gasteiger partial charge in [0, 0.05) is 6.04 Å². The van der Waals surface area contributed by atoms with Gasteiger partial charge in [-0.1, -0.05) is 25.0 Å². The van der Waals surface area contributed by atoms with Crippen molar-refractivity contribution < 1.29 is 16.5 Å². The molecule has 0 rings (SSSR count). The standard InChI is InChI=1S/C22H56O4Si6/c1-27(2,3)23-31(13,24-28(4,5)6)21-19-17-15-16-18-20-22-32(14,25-29(7,8)9)26-30(10,11)12/h17,19H,15-16,18,20-22H2,1-14H3/b19-17+. The third-order valence-corrected chi connectivity index (χ3v) is 23.2. The largest absolute Gasteiger partial charge is 0.437 e. The third kappa shape index (κ3) is 19.2. The Labute approximate surface area is 207 Å². The molecule has 0 aromatic carbocycles. The molecule has 0 N–H and O–H groups in total. The van der Waals surface area contributed by atoms with E-state index < -0.39 is 50.4 Å². The van der Waals surface area contributed by atoms with Gasteiger partial charge in [0.25, 0.3) is 0 Å². The highest BCUT2D eigenvalue weighted by molar-refractivity contribution is 6.88. The van der Waals surface area contributed by atoms with Crippen LogP contribution in [-0.4, -0.2) is 50.4 Å². The summed E-state index contributed by atoms with van der Waals surface area (Å²) in [6.07, 6.45) is 9.47. The quantitative estimate of drug-likeness (QED) is 0.109. The van der Waals surface area contributed by atoms with Gasteiger partial charge in [0.2, 0.25) is 0 Å². The van der Waals surface area contributed by atoms with E-state index >= 15 is 0 Å². The van der Waals surface area contributed by atoms with Crippen molar-refractivity contribution in [1.29, 1.82) is 0 Å². The highest BCUT2D eigenvalue weighted by Crippen LogP contribution is 2.27. The van der Waals surface area contributed by atoms with Crippen LogP contribution in [-0.2, 0) is 16.5 Å². The normalized spacial score (nSPS) is 15.1. The van der Waals surface area contributed by atoms with Crippen LogP contribution in [0.3, 0.4) is 0 Å². The maximum absolute atomic E-state index is 6.62. The van der Waals surface area contributed by atoms with Crippen LogP contribution in [0.15, 0.2) is 12.2 Å². The summed E-state index contributed by atoms with van der Waals surface area (Å²) in [4.78, 5) is 0. The summed E-state index contributed by atoms with van der Waals surface area (Å²) in [6.45, 7) is 31.9. The van der Waals surface area contributed by atoms with Gasteiger partial charge in [0.1, 0.15) is 0 Å². The van der Waals surface area contributed by atoms with Crippen molar-refractivity contribution in [2.45, 2.75) is 129 Å². The summed E-state index contributed by atoms with van der Waals surface area (Å²) < 4.78 is 26.4. The zero-order valence-corrected chi connectivity index (χ0v) is 30.0. The Morgan fingerprint density at radius 2 is 0.812 bits per heavy atom. The fourth-order valence-corrected chi connectivity index (χ4v) is 28.9. The molecule has 192 valence electrons. The first-order chi connectivity index (χ1) is 14.0. The van der Waals surface area contributed by atoms with Gasteiger partial charge in [-0.05, 0) is 111 Å². The van der Waals surface area contributed by atoms with Crippen LogP contribution in [0.1, 0.15) is 25.7 Å². The molecule has 32 heavy (non-hydrogen) atoms. The van der Waals surface area contributed by atoms with Crippen molar-refractivity contribution in [3.05, 3.63) is 12.2 Å². The Bertz CT molecular complexity index is 539. The lowest BCUT2D eigenvalue weighted by Gasteiger charge is -2.38. The molecule has 0 heterocycles. The molecule has 0 aromatic heterocycles. The van der Waals surface area contributed by atoms with Crippen LogP contribution in [0.2, 0.25) is 104 Å². The van der Waals surface area contributed by atoms with E-state index in [0.29, 0.717) is 0 Å². The molecule has 0 saturated heterocycles. The van der Waals surface area contributed by atoms with Crippen molar-refractivity contribution in [2.24, 2.45) is 0 Å². The molecular formula is C22H56O4Si6. The minimum absolute atomic E-state index is 0.959. The van der Waals surface area contributed by atoms with Crippen LogP contribution in [0.5, 0.6) is 0 Å². The van der Waals surface area contributed by atoms with Gasteiger partial charge in [-0.3, -0.25) is 0 Å². The van der Waals surface area contributed by atoms with E-state index in [-0.39, 0.29) is 0 Å². The summed E-state index contributed by atoms with van der Waals surface area (Å²) in [5, 5.41) is 0. The van der Waals surface area contributed by atoms with E-state index in [1.807, 2.05) is 0 Å². The van der Waals surface area contributed by atoms with Gasteiger partial charge in [-0.2, -0.15) is 0 Å². The summed E-state index contributed by atoms with van der Waals surface area (Å²) in [6, 6.07) is 2.07.